The first-order valence-corrected chi connectivity index (χ1v) is 12.5. The second kappa shape index (κ2) is 12.1. The van der Waals surface area contributed by atoms with Gasteiger partial charge in [0, 0.05) is 30.5 Å². The minimum atomic E-state index is -1.24. The van der Waals surface area contributed by atoms with Crippen LogP contribution in [-0.2, 0) is 19.4 Å². The summed E-state index contributed by atoms with van der Waals surface area (Å²) < 4.78 is 0.434. The van der Waals surface area contributed by atoms with Crippen LogP contribution in [0.15, 0.2) is 65.6 Å². The highest BCUT2D eigenvalue weighted by molar-refractivity contribution is 7.16. The Labute approximate surface area is 207 Å². The molecule has 4 rings (SSSR count). The lowest BCUT2D eigenvalue weighted by Gasteiger charge is -2.20. The Hall–Kier alpha value is -3.08. The first kappa shape index (κ1) is 25.0. The smallest absolute Gasteiger partial charge is 0.305 e. The number of phenolic OH excluding ortho intramolecular Hbond substituents is 1. The fourth-order valence-corrected chi connectivity index (χ4v) is 4.89. The normalized spacial score (nSPS) is 13.2. The van der Waals surface area contributed by atoms with E-state index in [0.717, 1.165) is 48.5 Å². The first-order valence-electron chi connectivity index (χ1n) is 11.6. The molecule has 8 nitrogen and oxygen atoms in total. The van der Waals surface area contributed by atoms with Crippen molar-refractivity contribution in [1.29, 1.82) is 0 Å². The van der Waals surface area contributed by atoms with Crippen LogP contribution in [-0.4, -0.2) is 44.6 Å². The number of benzene rings is 2. The molecule has 6 N–H and O–H groups in total. The number of aromatic amines is 1. The molecule has 0 amide bonds. The SMILES string of the molecule is O=c1[nH]c2c(O)ccc(C(O)C(O)NCCc3cccc(CNCCCc4ccccn4)c3)c2s1. The van der Waals surface area contributed by atoms with Crippen molar-refractivity contribution in [3.63, 3.8) is 0 Å². The molecule has 0 aliphatic rings. The van der Waals surface area contributed by atoms with E-state index in [1.165, 1.54) is 17.7 Å². The van der Waals surface area contributed by atoms with E-state index in [9.17, 15) is 20.1 Å². The molecule has 0 saturated carbocycles. The van der Waals surface area contributed by atoms with Crippen molar-refractivity contribution < 1.29 is 15.3 Å². The number of aryl methyl sites for hydroxylation is 1. The molecule has 0 spiro atoms. The van der Waals surface area contributed by atoms with Crippen LogP contribution in [0, 0.1) is 0 Å². The number of nitrogens with one attached hydrogen (secondary N) is 3. The number of thiazole rings is 1. The van der Waals surface area contributed by atoms with Gasteiger partial charge in [0.05, 0.1) is 4.70 Å². The van der Waals surface area contributed by atoms with E-state index in [1.807, 2.05) is 36.5 Å². The first-order chi connectivity index (χ1) is 17.0. The summed E-state index contributed by atoms with van der Waals surface area (Å²) in [6.07, 6.45) is 2.01. The Kier molecular flexibility index (Phi) is 8.62. The van der Waals surface area contributed by atoms with Crippen LogP contribution >= 0.6 is 11.3 Å². The van der Waals surface area contributed by atoms with Crippen LogP contribution in [0.5, 0.6) is 5.75 Å². The average Bonchev–Trinajstić information content (AvgIpc) is 3.27. The zero-order valence-corrected chi connectivity index (χ0v) is 20.1. The Bertz CT molecular complexity index is 1290. The van der Waals surface area contributed by atoms with Gasteiger partial charge < -0.3 is 25.6 Å². The number of aliphatic hydroxyl groups is 2. The maximum absolute atomic E-state index is 11.7. The quantitative estimate of drug-likeness (QED) is 0.132. The molecule has 2 heterocycles. The van der Waals surface area contributed by atoms with Gasteiger partial charge in [-0.15, -0.1) is 0 Å². The number of rotatable bonds is 12. The van der Waals surface area contributed by atoms with Gasteiger partial charge in [-0.2, -0.15) is 0 Å². The molecule has 0 aliphatic carbocycles. The van der Waals surface area contributed by atoms with Crippen LogP contribution in [0.25, 0.3) is 10.2 Å². The summed E-state index contributed by atoms with van der Waals surface area (Å²) in [6.45, 7) is 2.15. The van der Waals surface area contributed by atoms with Crippen molar-refractivity contribution in [3.05, 3.63) is 92.8 Å². The highest BCUT2D eigenvalue weighted by Crippen LogP contribution is 2.32. The number of fused-ring (bicyclic) bond motifs is 1. The summed E-state index contributed by atoms with van der Waals surface area (Å²) in [7, 11) is 0. The van der Waals surface area contributed by atoms with Crippen LogP contribution < -0.4 is 15.5 Å². The van der Waals surface area contributed by atoms with E-state index in [0.29, 0.717) is 23.2 Å². The molecule has 184 valence electrons. The highest BCUT2D eigenvalue weighted by atomic mass is 32.1. The van der Waals surface area contributed by atoms with Crippen molar-refractivity contribution in [2.45, 2.75) is 38.1 Å². The van der Waals surface area contributed by atoms with Crippen LogP contribution in [0.4, 0.5) is 0 Å². The molecule has 4 aromatic rings. The molecule has 2 aromatic carbocycles. The molecular formula is C26H30N4O4S. The maximum atomic E-state index is 11.7. The van der Waals surface area contributed by atoms with Gasteiger partial charge in [-0.3, -0.25) is 15.1 Å². The lowest BCUT2D eigenvalue weighted by molar-refractivity contribution is -0.00168. The van der Waals surface area contributed by atoms with Crippen molar-refractivity contribution in [3.8, 4) is 5.75 Å². The second-order valence-corrected chi connectivity index (χ2v) is 9.39. The van der Waals surface area contributed by atoms with Gasteiger partial charge in [0.1, 0.15) is 23.6 Å². The number of pyridine rings is 1. The van der Waals surface area contributed by atoms with E-state index in [2.05, 4.69) is 32.7 Å². The van der Waals surface area contributed by atoms with Crippen molar-refractivity contribution >= 4 is 21.6 Å². The maximum Gasteiger partial charge on any atom is 0.305 e. The topological polar surface area (TPSA) is 130 Å². The number of H-pyrrole nitrogens is 1. The Morgan fingerprint density at radius 1 is 1.00 bits per heavy atom. The van der Waals surface area contributed by atoms with E-state index in [1.54, 1.807) is 0 Å². The number of hydrogen-bond acceptors (Lipinski definition) is 8. The van der Waals surface area contributed by atoms with Crippen molar-refractivity contribution in [2.24, 2.45) is 0 Å². The third kappa shape index (κ3) is 6.74. The molecule has 2 aromatic heterocycles. The summed E-state index contributed by atoms with van der Waals surface area (Å²) in [5, 5.41) is 37.4. The standard InChI is InChI=1S/C26H30N4O4S/c31-21-10-9-20(24-22(21)30-26(34)35-24)23(32)25(33)29-14-11-17-5-3-6-18(15-17)16-27-12-4-8-19-7-1-2-13-28-19/h1-3,5-7,9-10,13,15,23,25,27,29,31-33H,4,8,11-12,14,16H2,(H,30,34). The van der Waals surface area contributed by atoms with Crippen LogP contribution in [0.2, 0.25) is 0 Å². The van der Waals surface area contributed by atoms with Gasteiger partial charge in [0.15, 0.2) is 0 Å². The molecule has 0 bridgehead atoms. The third-order valence-corrected chi connectivity index (χ3v) is 6.74. The van der Waals surface area contributed by atoms with E-state index in [-0.39, 0.29) is 16.1 Å². The van der Waals surface area contributed by atoms with Crippen LogP contribution in [0.3, 0.4) is 0 Å². The minimum Gasteiger partial charge on any atom is -0.506 e. The number of aromatic nitrogens is 2. The number of aliphatic hydroxyl groups excluding tert-OH is 2. The van der Waals surface area contributed by atoms with E-state index in [4.69, 9.17) is 0 Å². The van der Waals surface area contributed by atoms with Gasteiger partial charge in [0.25, 0.3) is 0 Å². The van der Waals surface area contributed by atoms with Crippen molar-refractivity contribution in [2.75, 3.05) is 13.1 Å². The molecule has 0 saturated heterocycles. The molecule has 35 heavy (non-hydrogen) atoms. The lowest BCUT2D eigenvalue weighted by atomic mass is 10.1. The van der Waals surface area contributed by atoms with Gasteiger partial charge >= 0.3 is 4.87 Å². The molecule has 9 heteroatoms. The Balaban J connectivity index is 1.23. The fraction of sp³-hybridized carbons (Fsp3) is 0.308. The monoisotopic (exact) mass is 494 g/mol. The minimum absolute atomic E-state index is 0.0701. The van der Waals surface area contributed by atoms with Crippen LogP contribution in [0.1, 0.15) is 34.9 Å². The largest absolute Gasteiger partial charge is 0.506 e. The predicted molar refractivity (Wildman–Crippen MR) is 137 cm³/mol. The molecule has 2 atom stereocenters. The lowest BCUT2D eigenvalue weighted by Crippen LogP contribution is -2.36. The number of nitrogens with zero attached hydrogens (tertiary/aromatic N) is 1. The summed E-state index contributed by atoms with van der Waals surface area (Å²) in [6, 6.07) is 17.2. The van der Waals surface area contributed by atoms with Crippen molar-refractivity contribution in [1.82, 2.24) is 20.6 Å². The van der Waals surface area contributed by atoms with Gasteiger partial charge in [-0.25, -0.2) is 0 Å². The molecule has 0 radical (unpaired) electrons. The van der Waals surface area contributed by atoms with E-state index < -0.39 is 12.3 Å². The molecular weight excluding hydrogens is 464 g/mol. The fourth-order valence-electron chi connectivity index (χ4n) is 3.99. The van der Waals surface area contributed by atoms with Gasteiger partial charge in [-0.1, -0.05) is 47.7 Å². The molecule has 0 fully saturated rings. The van der Waals surface area contributed by atoms with Gasteiger partial charge in [-0.05, 0) is 55.1 Å². The number of phenols is 1. The summed E-state index contributed by atoms with van der Waals surface area (Å²) in [4.78, 5) is 18.2. The molecule has 2 unspecified atom stereocenters. The Morgan fingerprint density at radius 3 is 2.69 bits per heavy atom. The second-order valence-electron chi connectivity index (χ2n) is 8.41. The summed E-state index contributed by atoms with van der Waals surface area (Å²) >= 11 is 0.890. The number of aromatic hydroxyl groups is 1. The highest BCUT2D eigenvalue weighted by Gasteiger charge is 2.22. The molecule has 0 aliphatic heterocycles. The predicted octanol–water partition coefficient (Wildman–Crippen LogP) is 2.60. The zero-order valence-electron chi connectivity index (χ0n) is 19.3. The zero-order chi connectivity index (χ0) is 24.6. The Morgan fingerprint density at radius 2 is 1.86 bits per heavy atom. The van der Waals surface area contributed by atoms with Gasteiger partial charge in [0.2, 0.25) is 0 Å². The van der Waals surface area contributed by atoms with E-state index >= 15 is 0 Å². The summed E-state index contributed by atoms with van der Waals surface area (Å²) in [5.41, 5.74) is 4.08. The third-order valence-electron chi connectivity index (χ3n) is 5.81. The number of hydrogen-bond donors (Lipinski definition) is 6. The average molecular weight is 495 g/mol. The summed E-state index contributed by atoms with van der Waals surface area (Å²) in [5.74, 6) is -0.0701.